The molecule has 0 fully saturated rings. The third kappa shape index (κ3) is 5.57. The first kappa shape index (κ1) is 11.4. The average Bonchev–Trinajstić information content (AvgIpc) is 2.24. The highest BCUT2D eigenvalue weighted by atomic mass is 15.2. The number of allylic oxidation sites excluding steroid dienone is 1. The molecular weight excluding hydrogens is 184 g/mol. The Morgan fingerprint density at radius 2 is 1.80 bits per heavy atom. The van der Waals surface area contributed by atoms with E-state index in [1.807, 2.05) is 48.7 Å². The van der Waals surface area contributed by atoms with E-state index in [-0.39, 0.29) is 0 Å². The Kier molecular flexibility index (Phi) is 5.09. The van der Waals surface area contributed by atoms with E-state index < -0.39 is 0 Å². The van der Waals surface area contributed by atoms with Gasteiger partial charge in [0.25, 0.3) is 0 Å². The summed E-state index contributed by atoms with van der Waals surface area (Å²) in [6.45, 7) is 4.14. The highest BCUT2D eigenvalue weighted by molar-refractivity contribution is 5.78. The van der Waals surface area contributed by atoms with Gasteiger partial charge in [0.1, 0.15) is 0 Å². The van der Waals surface area contributed by atoms with Gasteiger partial charge in [0.15, 0.2) is 0 Å². The van der Waals surface area contributed by atoms with E-state index in [9.17, 15) is 0 Å². The highest BCUT2D eigenvalue weighted by Crippen LogP contribution is 1.99. The van der Waals surface area contributed by atoms with Crippen molar-refractivity contribution in [1.82, 2.24) is 0 Å². The maximum Gasteiger partial charge on any atom is 0.0495 e. The normalized spacial score (nSPS) is 12.5. The van der Waals surface area contributed by atoms with Crippen LogP contribution in [0.2, 0.25) is 0 Å². The van der Waals surface area contributed by atoms with E-state index in [0.717, 1.165) is 5.56 Å². The lowest BCUT2D eigenvalue weighted by Crippen LogP contribution is -1.84. The smallest absolute Gasteiger partial charge is 0.0495 e. The van der Waals surface area contributed by atoms with E-state index in [1.165, 1.54) is 0 Å². The quantitative estimate of drug-likeness (QED) is 0.525. The van der Waals surface area contributed by atoms with Crippen LogP contribution in [0.25, 0.3) is 6.08 Å². The molecule has 0 aliphatic rings. The molecule has 0 N–H and O–H groups in total. The molecule has 0 aliphatic heterocycles. The SMILES string of the molecule is CC(C)/C=N/N=C/C=C/c1ccccc1. The Morgan fingerprint density at radius 3 is 2.47 bits per heavy atom. The Labute approximate surface area is 91.1 Å². The Hall–Kier alpha value is -1.70. The van der Waals surface area contributed by atoms with Crippen LogP contribution in [0, 0.1) is 5.92 Å². The topological polar surface area (TPSA) is 24.7 Å². The van der Waals surface area contributed by atoms with Crippen molar-refractivity contribution < 1.29 is 0 Å². The molecule has 0 spiro atoms. The van der Waals surface area contributed by atoms with Crippen LogP contribution in [-0.4, -0.2) is 12.4 Å². The maximum atomic E-state index is 3.90. The minimum absolute atomic E-state index is 0.445. The molecule has 0 amide bonds. The van der Waals surface area contributed by atoms with Crippen LogP contribution in [0.5, 0.6) is 0 Å². The second kappa shape index (κ2) is 6.71. The summed E-state index contributed by atoms with van der Waals surface area (Å²) in [7, 11) is 0. The molecule has 0 atom stereocenters. The minimum atomic E-state index is 0.445. The third-order valence-electron chi connectivity index (χ3n) is 1.67. The molecule has 15 heavy (non-hydrogen) atoms. The molecule has 0 radical (unpaired) electrons. The fourth-order valence-corrected chi connectivity index (χ4v) is 0.967. The van der Waals surface area contributed by atoms with Crippen molar-refractivity contribution in [2.45, 2.75) is 13.8 Å². The first-order chi connectivity index (χ1) is 7.29. The predicted molar refractivity (Wildman–Crippen MR) is 67.3 cm³/mol. The predicted octanol–water partition coefficient (Wildman–Crippen LogP) is 3.41. The third-order valence-corrected chi connectivity index (χ3v) is 1.67. The van der Waals surface area contributed by atoms with Gasteiger partial charge in [0.2, 0.25) is 0 Å². The summed E-state index contributed by atoms with van der Waals surface area (Å²) in [5.74, 6) is 0.445. The second-order valence-corrected chi connectivity index (χ2v) is 3.54. The van der Waals surface area contributed by atoms with Gasteiger partial charge < -0.3 is 0 Å². The average molecular weight is 200 g/mol. The maximum absolute atomic E-state index is 3.90. The number of hydrogen-bond donors (Lipinski definition) is 0. The summed E-state index contributed by atoms with van der Waals surface area (Å²) in [6, 6.07) is 10.1. The summed E-state index contributed by atoms with van der Waals surface area (Å²) in [5, 5.41) is 7.78. The molecule has 1 rings (SSSR count). The molecule has 0 bridgehead atoms. The second-order valence-electron chi connectivity index (χ2n) is 3.54. The summed E-state index contributed by atoms with van der Waals surface area (Å²) in [5.41, 5.74) is 1.16. The fourth-order valence-electron chi connectivity index (χ4n) is 0.967. The molecule has 0 aromatic heterocycles. The standard InChI is InChI=1S/C13H16N2/c1-12(2)11-15-14-10-6-9-13-7-4-3-5-8-13/h3-12H,1-2H3/b9-6+,14-10+,15-11+. The summed E-state index contributed by atoms with van der Waals surface area (Å²) in [4.78, 5) is 0. The molecule has 0 unspecified atom stereocenters. The molecular formula is C13H16N2. The van der Waals surface area contributed by atoms with Gasteiger partial charge in [0.05, 0.1) is 0 Å². The van der Waals surface area contributed by atoms with Crippen molar-refractivity contribution in [3.05, 3.63) is 42.0 Å². The van der Waals surface area contributed by atoms with Gasteiger partial charge in [-0.25, -0.2) is 0 Å². The van der Waals surface area contributed by atoms with Gasteiger partial charge in [-0.05, 0) is 17.6 Å². The molecule has 0 saturated heterocycles. The van der Waals surface area contributed by atoms with Gasteiger partial charge in [-0.3, -0.25) is 0 Å². The van der Waals surface area contributed by atoms with E-state index >= 15 is 0 Å². The Balaban J connectivity index is 2.40. The first-order valence-electron chi connectivity index (χ1n) is 5.07. The first-order valence-corrected chi connectivity index (χ1v) is 5.07. The molecule has 1 aromatic carbocycles. The Bertz CT molecular complexity index is 348. The highest BCUT2D eigenvalue weighted by Gasteiger charge is 1.81. The molecule has 1 aromatic rings. The zero-order valence-electron chi connectivity index (χ0n) is 9.17. The molecule has 0 aliphatic carbocycles. The van der Waals surface area contributed by atoms with Gasteiger partial charge in [-0.15, -0.1) is 0 Å². The van der Waals surface area contributed by atoms with E-state index in [2.05, 4.69) is 24.1 Å². The van der Waals surface area contributed by atoms with Crippen LogP contribution < -0.4 is 0 Å². The number of nitrogens with zero attached hydrogens (tertiary/aromatic N) is 2. The summed E-state index contributed by atoms with van der Waals surface area (Å²) < 4.78 is 0. The van der Waals surface area contributed by atoms with Crippen molar-refractivity contribution in [2.75, 3.05) is 0 Å². The lowest BCUT2D eigenvalue weighted by Gasteiger charge is -1.88. The van der Waals surface area contributed by atoms with Crippen LogP contribution in [0.1, 0.15) is 19.4 Å². The number of benzene rings is 1. The van der Waals surface area contributed by atoms with Crippen LogP contribution in [0.3, 0.4) is 0 Å². The largest absolute Gasteiger partial charge is 0.163 e. The van der Waals surface area contributed by atoms with Crippen molar-refractivity contribution in [3.8, 4) is 0 Å². The van der Waals surface area contributed by atoms with Crippen molar-refractivity contribution >= 4 is 18.5 Å². The van der Waals surface area contributed by atoms with Crippen LogP contribution in [-0.2, 0) is 0 Å². The van der Waals surface area contributed by atoms with Crippen molar-refractivity contribution in [1.29, 1.82) is 0 Å². The van der Waals surface area contributed by atoms with E-state index in [0.29, 0.717) is 5.92 Å². The van der Waals surface area contributed by atoms with Crippen LogP contribution >= 0.6 is 0 Å². The molecule has 0 heterocycles. The monoisotopic (exact) mass is 200 g/mol. The number of hydrogen-bond acceptors (Lipinski definition) is 2. The minimum Gasteiger partial charge on any atom is -0.163 e. The summed E-state index contributed by atoms with van der Waals surface area (Å²) in [6.07, 6.45) is 7.38. The molecule has 2 nitrogen and oxygen atoms in total. The van der Waals surface area contributed by atoms with Crippen LogP contribution in [0.15, 0.2) is 46.6 Å². The molecule has 0 saturated carbocycles. The van der Waals surface area contributed by atoms with Gasteiger partial charge >= 0.3 is 0 Å². The van der Waals surface area contributed by atoms with Crippen LogP contribution in [0.4, 0.5) is 0 Å². The van der Waals surface area contributed by atoms with E-state index in [1.54, 1.807) is 6.21 Å². The molecule has 2 heteroatoms. The summed E-state index contributed by atoms with van der Waals surface area (Å²) >= 11 is 0. The van der Waals surface area contributed by atoms with Crippen molar-refractivity contribution in [3.63, 3.8) is 0 Å². The van der Waals surface area contributed by atoms with Crippen molar-refractivity contribution in [2.24, 2.45) is 16.1 Å². The van der Waals surface area contributed by atoms with Gasteiger partial charge in [0, 0.05) is 12.4 Å². The lowest BCUT2D eigenvalue weighted by molar-refractivity contribution is 0.900. The van der Waals surface area contributed by atoms with Gasteiger partial charge in [-0.2, -0.15) is 10.2 Å². The van der Waals surface area contributed by atoms with Gasteiger partial charge in [-0.1, -0.05) is 50.3 Å². The molecule has 78 valence electrons. The zero-order chi connectivity index (χ0) is 10.9. The Morgan fingerprint density at radius 1 is 1.07 bits per heavy atom. The van der Waals surface area contributed by atoms with E-state index in [4.69, 9.17) is 0 Å². The lowest BCUT2D eigenvalue weighted by atomic mass is 10.2. The zero-order valence-corrected chi connectivity index (χ0v) is 9.17. The fraction of sp³-hybridized carbons (Fsp3) is 0.231. The number of rotatable bonds is 4.